The van der Waals surface area contributed by atoms with Gasteiger partial charge in [0.2, 0.25) is 0 Å². The molecule has 0 aromatic heterocycles. The highest BCUT2D eigenvalue weighted by atomic mass is 32.2. The molecule has 14 heavy (non-hydrogen) atoms. The van der Waals surface area contributed by atoms with Gasteiger partial charge < -0.3 is 0 Å². The second-order valence-electron chi connectivity index (χ2n) is 3.08. The summed E-state index contributed by atoms with van der Waals surface area (Å²) in [5.41, 5.74) is 0.755. The molecule has 0 saturated heterocycles. The molecule has 0 aliphatic carbocycles. The number of benzene rings is 1. The second kappa shape index (κ2) is 4.60. The molecule has 0 bridgehead atoms. The molecule has 0 saturated carbocycles. The first kappa shape index (κ1) is 11.2. The van der Waals surface area contributed by atoms with Gasteiger partial charge in [0.1, 0.15) is 5.82 Å². The molecule has 0 heterocycles. The maximum atomic E-state index is 13.5. The molecule has 0 N–H and O–H groups in total. The van der Waals surface area contributed by atoms with Crippen LogP contribution in [-0.4, -0.2) is 12.0 Å². The third-order valence-electron chi connectivity index (χ3n) is 2.09. The van der Waals surface area contributed by atoms with Crippen molar-refractivity contribution in [1.29, 1.82) is 0 Å². The lowest BCUT2D eigenvalue weighted by atomic mass is 10.1. The SMILES string of the molecule is CCC(=O)c1cc(SC)cc(C)c1F. The largest absolute Gasteiger partial charge is 0.294 e. The third kappa shape index (κ3) is 2.15. The van der Waals surface area contributed by atoms with Crippen LogP contribution in [-0.2, 0) is 0 Å². The number of thioether (sulfide) groups is 1. The highest BCUT2D eigenvalue weighted by Gasteiger charge is 2.13. The topological polar surface area (TPSA) is 17.1 Å². The summed E-state index contributed by atoms with van der Waals surface area (Å²) in [6, 6.07) is 3.38. The van der Waals surface area contributed by atoms with E-state index < -0.39 is 0 Å². The number of carbonyl (C=O) groups is 1. The van der Waals surface area contributed by atoms with Crippen LogP contribution in [0.3, 0.4) is 0 Å². The summed E-state index contributed by atoms with van der Waals surface area (Å²) >= 11 is 1.51. The molecule has 0 fully saturated rings. The minimum atomic E-state index is -0.380. The number of carbonyl (C=O) groups excluding carboxylic acids is 1. The molecule has 0 radical (unpaired) electrons. The fraction of sp³-hybridized carbons (Fsp3) is 0.364. The maximum Gasteiger partial charge on any atom is 0.165 e. The Hall–Kier alpha value is -0.830. The van der Waals surface area contributed by atoms with Crippen molar-refractivity contribution in [2.45, 2.75) is 25.2 Å². The smallest absolute Gasteiger partial charge is 0.165 e. The van der Waals surface area contributed by atoms with E-state index in [2.05, 4.69) is 0 Å². The molecular weight excluding hydrogens is 199 g/mol. The average molecular weight is 212 g/mol. The van der Waals surface area contributed by atoms with Crippen LogP contribution in [0.25, 0.3) is 0 Å². The highest BCUT2D eigenvalue weighted by molar-refractivity contribution is 7.98. The van der Waals surface area contributed by atoms with E-state index in [1.165, 1.54) is 11.8 Å². The van der Waals surface area contributed by atoms with Crippen molar-refractivity contribution in [3.05, 3.63) is 29.1 Å². The second-order valence-corrected chi connectivity index (χ2v) is 3.96. The first-order valence-electron chi connectivity index (χ1n) is 4.47. The van der Waals surface area contributed by atoms with E-state index in [1.807, 2.05) is 6.26 Å². The molecule has 1 aromatic carbocycles. The first-order valence-corrected chi connectivity index (χ1v) is 5.70. The van der Waals surface area contributed by atoms with Gasteiger partial charge in [0.25, 0.3) is 0 Å². The van der Waals surface area contributed by atoms with Gasteiger partial charge in [-0.3, -0.25) is 4.79 Å². The van der Waals surface area contributed by atoms with E-state index in [4.69, 9.17) is 0 Å². The van der Waals surface area contributed by atoms with Crippen LogP contribution in [0, 0.1) is 12.7 Å². The van der Waals surface area contributed by atoms with Gasteiger partial charge >= 0.3 is 0 Å². The van der Waals surface area contributed by atoms with Crippen LogP contribution in [0.5, 0.6) is 0 Å². The van der Waals surface area contributed by atoms with Crippen molar-refractivity contribution in [2.24, 2.45) is 0 Å². The predicted molar refractivity (Wildman–Crippen MR) is 57.5 cm³/mol. The Morgan fingerprint density at radius 2 is 2.14 bits per heavy atom. The molecular formula is C11H13FOS. The minimum absolute atomic E-state index is 0.137. The monoisotopic (exact) mass is 212 g/mol. The Kier molecular flexibility index (Phi) is 3.69. The Morgan fingerprint density at radius 3 is 2.64 bits per heavy atom. The van der Waals surface area contributed by atoms with E-state index in [9.17, 15) is 9.18 Å². The van der Waals surface area contributed by atoms with E-state index in [0.717, 1.165) is 4.90 Å². The first-order chi connectivity index (χ1) is 6.60. The van der Waals surface area contributed by atoms with Crippen LogP contribution >= 0.6 is 11.8 Å². The van der Waals surface area contributed by atoms with Crippen LogP contribution in [0.2, 0.25) is 0 Å². The van der Waals surface area contributed by atoms with Crippen LogP contribution in [0.15, 0.2) is 17.0 Å². The summed E-state index contributed by atoms with van der Waals surface area (Å²) in [6.45, 7) is 3.42. The fourth-order valence-corrected chi connectivity index (χ4v) is 1.78. The third-order valence-corrected chi connectivity index (χ3v) is 2.79. The average Bonchev–Trinajstić information content (AvgIpc) is 2.20. The van der Waals surface area contributed by atoms with Gasteiger partial charge in [0.05, 0.1) is 5.56 Å². The summed E-state index contributed by atoms with van der Waals surface area (Å²) in [6.07, 6.45) is 2.25. The van der Waals surface area contributed by atoms with Gasteiger partial charge in [-0.1, -0.05) is 6.92 Å². The molecule has 1 nitrogen and oxygen atoms in total. The van der Waals surface area contributed by atoms with E-state index in [-0.39, 0.29) is 17.2 Å². The molecule has 1 rings (SSSR count). The fourth-order valence-electron chi connectivity index (χ4n) is 1.25. The van der Waals surface area contributed by atoms with Crippen molar-refractivity contribution < 1.29 is 9.18 Å². The zero-order valence-corrected chi connectivity index (χ0v) is 9.37. The van der Waals surface area contributed by atoms with E-state index in [1.54, 1.807) is 26.0 Å². The summed E-state index contributed by atoms with van der Waals surface area (Å²) in [5.74, 6) is -0.517. The van der Waals surface area contributed by atoms with Crippen molar-refractivity contribution in [1.82, 2.24) is 0 Å². The van der Waals surface area contributed by atoms with Gasteiger partial charge in [0.15, 0.2) is 5.78 Å². The van der Waals surface area contributed by atoms with Crippen molar-refractivity contribution in [3.8, 4) is 0 Å². The van der Waals surface area contributed by atoms with Gasteiger partial charge in [0, 0.05) is 11.3 Å². The molecule has 0 unspecified atom stereocenters. The zero-order valence-electron chi connectivity index (χ0n) is 8.56. The molecule has 1 aromatic rings. The standard InChI is InChI=1S/C11H13FOS/c1-4-10(13)9-6-8(14-3)5-7(2)11(9)12/h5-6H,4H2,1-3H3. The predicted octanol–water partition coefficient (Wildman–Crippen LogP) is 3.45. The van der Waals surface area contributed by atoms with Crippen molar-refractivity contribution in [2.75, 3.05) is 6.26 Å². The van der Waals surface area contributed by atoms with Crippen molar-refractivity contribution in [3.63, 3.8) is 0 Å². The number of rotatable bonds is 3. The highest BCUT2D eigenvalue weighted by Crippen LogP contribution is 2.23. The summed E-state index contributed by atoms with van der Waals surface area (Å²) in [5, 5.41) is 0. The number of Topliss-reactive ketones (excluding diaryl/α,β-unsaturated/α-hetero) is 1. The normalized spacial score (nSPS) is 10.3. The summed E-state index contributed by atoms with van der Waals surface area (Å²) in [7, 11) is 0. The lowest BCUT2D eigenvalue weighted by molar-refractivity contribution is 0.0984. The minimum Gasteiger partial charge on any atom is -0.294 e. The number of aryl methyl sites for hydroxylation is 1. The van der Waals surface area contributed by atoms with Gasteiger partial charge in [-0.2, -0.15) is 0 Å². The van der Waals surface area contributed by atoms with Gasteiger partial charge in [-0.05, 0) is 30.9 Å². The Labute approximate surface area is 87.7 Å². The van der Waals surface area contributed by atoms with Gasteiger partial charge in [-0.15, -0.1) is 11.8 Å². The number of hydrogen-bond acceptors (Lipinski definition) is 2. The van der Waals surface area contributed by atoms with E-state index >= 15 is 0 Å². The molecule has 0 aliphatic rings. The Morgan fingerprint density at radius 1 is 1.50 bits per heavy atom. The molecule has 0 aliphatic heterocycles. The zero-order chi connectivity index (χ0) is 10.7. The molecule has 0 spiro atoms. The molecule has 0 amide bonds. The molecule has 0 atom stereocenters. The molecule has 76 valence electrons. The summed E-state index contributed by atoms with van der Waals surface area (Å²) in [4.78, 5) is 12.3. The Balaban J connectivity index is 3.27. The lowest BCUT2D eigenvalue weighted by Gasteiger charge is -2.06. The maximum absolute atomic E-state index is 13.5. The van der Waals surface area contributed by atoms with Crippen LogP contribution in [0.1, 0.15) is 29.3 Å². The summed E-state index contributed by atoms with van der Waals surface area (Å²) < 4.78 is 13.5. The van der Waals surface area contributed by atoms with Crippen LogP contribution < -0.4 is 0 Å². The van der Waals surface area contributed by atoms with E-state index in [0.29, 0.717) is 12.0 Å². The Bertz CT molecular complexity index is 361. The van der Waals surface area contributed by atoms with Gasteiger partial charge in [-0.25, -0.2) is 4.39 Å². The van der Waals surface area contributed by atoms with Crippen molar-refractivity contribution >= 4 is 17.5 Å². The lowest BCUT2D eigenvalue weighted by Crippen LogP contribution is -2.02. The number of hydrogen-bond donors (Lipinski definition) is 0. The number of ketones is 1. The van der Waals surface area contributed by atoms with Crippen LogP contribution in [0.4, 0.5) is 4.39 Å². The number of halogens is 1. The molecule has 3 heteroatoms. The quantitative estimate of drug-likeness (QED) is 0.564.